The summed E-state index contributed by atoms with van der Waals surface area (Å²) in [5.74, 6) is -0.191. The number of imidazole rings is 1. The van der Waals surface area contributed by atoms with E-state index in [1.807, 2.05) is 0 Å². The monoisotopic (exact) mass is 362 g/mol. The summed E-state index contributed by atoms with van der Waals surface area (Å²) in [4.78, 5) is 18.8. The third-order valence-electron chi connectivity index (χ3n) is 4.36. The van der Waals surface area contributed by atoms with Crippen LogP contribution < -0.4 is 4.72 Å². The van der Waals surface area contributed by atoms with Crippen LogP contribution >= 0.6 is 0 Å². The predicted octanol–water partition coefficient (Wildman–Crippen LogP) is 1.93. The molecule has 0 aliphatic carbocycles. The van der Waals surface area contributed by atoms with Crippen molar-refractivity contribution in [1.82, 2.24) is 19.2 Å². The molecule has 1 amide bonds. The Morgan fingerprint density at radius 2 is 2.08 bits per heavy atom. The maximum Gasteiger partial charge on any atom is 0.274 e. The molecule has 7 nitrogen and oxygen atoms in total. The summed E-state index contributed by atoms with van der Waals surface area (Å²) in [7, 11) is -1.87. The van der Waals surface area contributed by atoms with Gasteiger partial charge in [0.15, 0.2) is 5.69 Å². The molecule has 0 unspecified atom stereocenters. The largest absolute Gasteiger partial charge is 0.340 e. The van der Waals surface area contributed by atoms with Gasteiger partial charge in [-0.15, -0.1) is 0 Å². The molecule has 2 heterocycles. The van der Waals surface area contributed by atoms with Crippen LogP contribution in [0.4, 0.5) is 0 Å². The topological polar surface area (TPSA) is 84.3 Å². The predicted molar refractivity (Wildman–Crippen MR) is 94.1 cm³/mol. The molecule has 1 aliphatic heterocycles. The Bertz CT molecular complexity index is 889. The van der Waals surface area contributed by atoms with Crippen molar-refractivity contribution in [1.29, 1.82) is 0 Å². The van der Waals surface area contributed by atoms with E-state index in [0.717, 1.165) is 19.3 Å². The smallest absolute Gasteiger partial charge is 0.274 e. The van der Waals surface area contributed by atoms with Gasteiger partial charge in [0.1, 0.15) is 11.2 Å². The molecule has 8 heteroatoms. The van der Waals surface area contributed by atoms with Gasteiger partial charge in [-0.2, -0.15) is 0 Å². The normalized spacial score (nSPS) is 15.1. The Morgan fingerprint density at radius 1 is 1.32 bits per heavy atom. The number of carbonyl (C=O) groups excluding carboxylic acids is 1. The van der Waals surface area contributed by atoms with E-state index in [-0.39, 0.29) is 17.3 Å². The molecule has 1 aromatic carbocycles. The van der Waals surface area contributed by atoms with E-state index < -0.39 is 10.0 Å². The van der Waals surface area contributed by atoms with Crippen molar-refractivity contribution in [3.05, 3.63) is 42.0 Å². The molecule has 134 valence electrons. The van der Waals surface area contributed by atoms with Gasteiger partial charge in [0.25, 0.3) is 5.91 Å². The Kier molecular flexibility index (Phi) is 4.91. The van der Waals surface area contributed by atoms with Crippen LogP contribution in [0.5, 0.6) is 0 Å². The summed E-state index contributed by atoms with van der Waals surface area (Å²) in [6.07, 6.45) is 4.60. The second kappa shape index (κ2) is 6.97. The Labute approximate surface area is 147 Å². The maximum atomic E-state index is 12.7. The summed E-state index contributed by atoms with van der Waals surface area (Å²) in [5, 5.41) is 0. The highest BCUT2D eigenvalue weighted by molar-refractivity contribution is 7.89. The number of fused-ring (bicyclic) bond motifs is 3. The standard InChI is InChI=1S/C17H22N4O3S/c1-3-4-7-10-20(2)17(22)16-14-11-19-25(23,24)15-9-6-5-8-13(15)21(14)12-18-16/h5-6,8-9,12,19H,3-4,7,10-11H2,1-2H3. The van der Waals surface area contributed by atoms with Crippen molar-refractivity contribution in [3.8, 4) is 5.69 Å². The minimum Gasteiger partial charge on any atom is -0.340 e. The zero-order chi connectivity index (χ0) is 18.0. The van der Waals surface area contributed by atoms with Gasteiger partial charge < -0.3 is 4.90 Å². The number of amides is 1. The van der Waals surface area contributed by atoms with Crippen LogP contribution in [0.25, 0.3) is 5.69 Å². The van der Waals surface area contributed by atoms with Gasteiger partial charge in [0.05, 0.1) is 17.9 Å². The van der Waals surface area contributed by atoms with E-state index in [4.69, 9.17) is 0 Å². The Hall–Kier alpha value is -2.19. The number of hydrogen-bond acceptors (Lipinski definition) is 4. The Balaban J connectivity index is 1.97. The summed E-state index contributed by atoms with van der Waals surface area (Å²) in [5.41, 5.74) is 1.35. The van der Waals surface area contributed by atoms with E-state index in [1.54, 1.807) is 40.8 Å². The second-order valence-corrected chi connectivity index (χ2v) is 7.87. The quantitative estimate of drug-likeness (QED) is 0.824. The number of sulfonamides is 1. The minimum atomic E-state index is -3.62. The number of rotatable bonds is 5. The van der Waals surface area contributed by atoms with E-state index in [9.17, 15) is 13.2 Å². The lowest BCUT2D eigenvalue weighted by molar-refractivity contribution is 0.0786. The summed E-state index contributed by atoms with van der Waals surface area (Å²) >= 11 is 0. The first-order chi connectivity index (χ1) is 12.0. The number of unbranched alkanes of at least 4 members (excludes halogenated alkanes) is 2. The van der Waals surface area contributed by atoms with Gasteiger partial charge in [0, 0.05) is 13.6 Å². The molecule has 1 aliphatic rings. The molecule has 0 saturated heterocycles. The summed E-state index contributed by atoms with van der Waals surface area (Å²) in [6.45, 7) is 2.79. The second-order valence-electron chi connectivity index (χ2n) is 6.14. The molecule has 0 bridgehead atoms. The SMILES string of the molecule is CCCCCN(C)C(=O)c1ncn2c1CNS(=O)(=O)c1ccccc1-2. The van der Waals surface area contributed by atoms with Crippen molar-refractivity contribution >= 4 is 15.9 Å². The first-order valence-electron chi connectivity index (χ1n) is 8.36. The molecule has 2 aromatic rings. The number of nitrogens with one attached hydrogen (secondary N) is 1. The fourth-order valence-electron chi connectivity index (χ4n) is 2.93. The molecular formula is C17H22N4O3S. The van der Waals surface area contributed by atoms with Crippen LogP contribution in [0.15, 0.2) is 35.5 Å². The van der Waals surface area contributed by atoms with Gasteiger partial charge in [-0.3, -0.25) is 9.36 Å². The van der Waals surface area contributed by atoms with Gasteiger partial charge in [0.2, 0.25) is 10.0 Å². The average Bonchev–Trinajstić information content (AvgIpc) is 2.98. The lowest BCUT2D eigenvalue weighted by Crippen LogP contribution is -2.30. The summed E-state index contributed by atoms with van der Waals surface area (Å²) < 4.78 is 29.0. The van der Waals surface area contributed by atoms with Crippen molar-refractivity contribution in [2.45, 2.75) is 37.6 Å². The minimum absolute atomic E-state index is 0.0287. The van der Waals surface area contributed by atoms with E-state index in [1.165, 1.54) is 6.33 Å². The molecule has 1 N–H and O–H groups in total. The molecule has 0 spiro atoms. The molecule has 1 aromatic heterocycles. The first-order valence-corrected chi connectivity index (χ1v) is 9.84. The summed E-state index contributed by atoms with van der Waals surface area (Å²) in [6, 6.07) is 6.70. The highest BCUT2D eigenvalue weighted by Crippen LogP contribution is 2.26. The number of benzene rings is 1. The average molecular weight is 362 g/mol. The van der Waals surface area contributed by atoms with Crippen LogP contribution in [0, 0.1) is 0 Å². The van der Waals surface area contributed by atoms with Gasteiger partial charge in [-0.05, 0) is 18.6 Å². The number of aromatic nitrogens is 2. The van der Waals surface area contributed by atoms with Gasteiger partial charge in [-0.25, -0.2) is 18.1 Å². The van der Waals surface area contributed by atoms with Crippen LogP contribution in [-0.4, -0.2) is 42.4 Å². The van der Waals surface area contributed by atoms with Crippen molar-refractivity contribution < 1.29 is 13.2 Å². The van der Waals surface area contributed by atoms with Crippen molar-refractivity contribution in [2.75, 3.05) is 13.6 Å². The number of para-hydroxylation sites is 1. The molecule has 0 atom stereocenters. The molecule has 0 saturated carbocycles. The van der Waals surface area contributed by atoms with Crippen LogP contribution in [0.1, 0.15) is 42.4 Å². The Morgan fingerprint density at radius 3 is 2.84 bits per heavy atom. The van der Waals surface area contributed by atoms with Crippen LogP contribution in [0.2, 0.25) is 0 Å². The fraction of sp³-hybridized carbons (Fsp3) is 0.412. The zero-order valence-corrected chi connectivity index (χ0v) is 15.2. The fourth-order valence-corrected chi connectivity index (χ4v) is 4.12. The third kappa shape index (κ3) is 3.32. The molecule has 3 rings (SSSR count). The molecular weight excluding hydrogens is 340 g/mol. The number of nitrogens with zero attached hydrogens (tertiary/aromatic N) is 3. The molecule has 0 radical (unpaired) electrons. The van der Waals surface area contributed by atoms with Gasteiger partial charge >= 0.3 is 0 Å². The highest BCUT2D eigenvalue weighted by atomic mass is 32.2. The maximum absolute atomic E-state index is 12.7. The first kappa shape index (κ1) is 17.6. The lowest BCUT2D eigenvalue weighted by Gasteiger charge is -2.16. The van der Waals surface area contributed by atoms with E-state index in [2.05, 4.69) is 16.6 Å². The lowest BCUT2D eigenvalue weighted by atomic mass is 10.2. The number of hydrogen-bond donors (Lipinski definition) is 1. The molecule has 25 heavy (non-hydrogen) atoms. The van der Waals surface area contributed by atoms with Crippen LogP contribution in [-0.2, 0) is 16.6 Å². The zero-order valence-electron chi connectivity index (χ0n) is 14.4. The van der Waals surface area contributed by atoms with Crippen LogP contribution in [0.3, 0.4) is 0 Å². The van der Waals surface area contributed by atoms with Gasteiger partial charge in [-0.1, -0.05) is 31.9 Å². The third-order valence-corrected chi connectivity index (χ3v) is 5.81. The van der Waals surface area contributed by atoms with Crippen molar-refractivity contribution in [3.63, 3.8) is 0 Å². The van der Waals surface area contributed by atoms with Crippen molar-refractivity contribution in [2.24, 2.45) is 0 Å². The molecule has 0 fully saturated rings. The highest BCUT2D eigenvalue weighted by Gasteiger charge is 2.29. The van der Waals surface area contributed by atoms with E-state index in [0.29, 0.717) is 23.6 Å². The van der Waals surface area contributed by atoms with E-state index >= 15 is 0 Å². The number of carbonyl (C=O) groups is 1.